The van der Waals surface area contributed by atoms with Gasteiger partial charge in [-0.15, -0.1) is 0 Å². The third kappa shape index (κ3) is 4.07. The van der Waals surface area contributed by atoms with Crippen LogP contribution in [0.3, 0.4) is 0 Å². The Kier molecular flexibility index (Phi) is 6.35. The number of benzene rings is 2. The number of esters is 1. The topological polar surface area (TPSA) is 98.0 Å². The molecule has 0 saturated carbocycles. The lowest BCUT2D eigenvalue weighted by atomic mass is 9.71. The van der Waals surface area contributed by atoms with Crippen molar-refractivity contribution in [3.8, 4) is 5.75 Å². The highest BCUT2D eigenvalue weighted by molar-refractivity contribution is 9.10. The number of aromatic nitrogens is 1. The van der Waals surface area contributed by atoms with Crippen LogP contribution in [0, 0.1) is 0 Å². The summed E-state index contributed by atoms with van der Waals surface area (Å²) in [5.41, 5.74) is 2.85. The van der Waals surface area contributed by atoms with Crippen LogP contribution >= 0.6 is 15.9 Å². The van der Waals surface area contributed by atoms with Crippen LogP contribution < -0.4 is 4.74 Å². The van der Waals surface area contributed by atoms with Gasteiger partial charge in [-0.05, 0) is 42.3 Å². The second kappa shape index (κ2) is 8.93. The quantitative estimate of drug-likeness (QED) is 0.466. The molecule has 0 bridgehead atoms. The fourth-order valence-electron chi connectivity index (χ4n) is 4.58. The van der Waals surface area contributed by atoms with Crippen molar-refractivity contribution in [1.29, 1.82) is 0 Å². The second-order valence-electron chi connectivity index (χ2n) is 8.69. The van der Waals surface area contributed by atoms with E-state index in [1.165, 1.54) is 7.11 Å². The van der Waals surface area contributed by atoms with Gasteiger partial charge in [-0.2, -0.15) is 0 Å². The maximum absolute atomic E-state index is 13.7. The van der Waals surface area contributed by atoms with Gasteiger partial charge in [0.25, 0.3) is 0 Å². The first-order chi connectivity index (χ1) is 15.7. The monoisotopic (exact) mass is 515 g/mol. The number of carbonyl (C=O) groups is 2. The molecule has 0 saturated heterocycles. The molecule has 0 amide bonds. The first-order valence-electron chi connectivity index (χ1n) is 10.7. The molecular formula is C25H26BrNO6. The molecule has 1 atom stereocenters. The van der Waals surface area contributed by atoms with Gasteiger partial charge in [0, 0.05) is 33.1 Å². The number of fused-ring (bicyclic) bond motifs is 4. The minimum atomic E-state index is -0.784. The number of ether oxygens (including phenoxy) is 2. The number of aliphatic hydroxyl groups is 2. The molecule has 1 aromatic heterocycles. The Bertz CT molecular complexity index is 1250. The molecule has 1 aliphatic carbocycles. The van der Waals surface area contributed by atoms with E-state index in [1.807, 2.05) is 42.7 Å². The molecular weight excluding hydrogens is 490 g/mol. The number of hydrogen-bond acceptors (Lipinski definition) is 6. The lowest BCUT2D eigenvalue weighted by molar-refractivity contribution is -0.141. The summed E-state index contributed by atoms with van der Waals surface area (Å²) in [5.74, 6) is 0.00856. The van der Waals surface area contributed by atoms with E-state index < -0.39 is 17.5 Å². The predicted molar refractivity (Wildman–Crippen MR) is 127 cm³/mol. The van der Waals surface area contributed by atoms with Crippen molar-refractivity contribution in [2.75, 3.05) is 20.3 Å². The highest BCUT2D eigenvalue weighted by atomic mass is 79.9. The predicted octanol–water partition coefficient (Wildman–Crippen LogP) is 3.57. The van der Waals surface area contributed by atoms with E-state index in [-0.39, 0.29) is 32.0 Å². The number of carbonyl (C=O) groups excluding carboxylic acids is 2. The highest BCUT2D eigenvalue weighted by Crippen LogP contribution is 2.46. The van der Waals surface area contributed by atoms with Gasteiger partial charge in [0.2, 0.25) is 0 Å². The number of rotatable bonds is 7. The smallest absolute Gasteiger partial charge is 0.325 e. The van der Waals surface area contributed by atoms with Gasteiger partial charge in [0.1, 0.15) is 18.9 Å². The van der Waals surface area contributed by atoms with Gasteiger partial charge in [-0.25, -0.2) is 0 Å². The Hall–Kier alpha value is -2.68. The van der Waals surface area contributed by atoms with E-state index in [0.717, 1.165) is 26.6 Å². The van der Waals surface area contributed by atoms with E-state index in [1.54, 1.807) is 12.1 Å². The summed E-state index contributed by atoms with van der Waals surface area (Å²) >= 11 is 3.50. The Labute approximate surface area is 200 Å². The van der Waals surface area contributed by atoms with Crippen molar-refractivity contribution >= 4 is 38.6 Å². The molecule has 3 aromatic rings. The van der Waals surface area contributed by atoms with Crippen LogP contribution in [0.2, 0.25) is 0 Å². The Morgan fingerprint density at radius 1 is 1.21 bits per heavy atom. The molecule has 33 heavy (non-hydrogen) atoms. The fourth-order valence-corrected chi connectivity index (χ4v) is 4.92. The van der Waals surface area contributed by atoms with Gasteiger partial charge < -0.3 is 24.3 Å². The molecule has 0 fully saturated rings. The van der Waals surface area contributed by atoms with E-state index in [4.69, 9.17) is 14.6 Å². The number of methoxy groups -OCH3 is 1. The van der Waals surface area contributed by atoms with Gasteiger partial charge in [0.05, 0.1) is 24.3 Å². The maximum Gasteiger partial charge on any atom is 0.325 e. The third-order valence-corrected chi connectivity index (χ3v) is 6.67. The summed E-state index contributed by atoms with van der Waals surface area (Å²) in [6.45, 7) is 3.93. The van der Waals surface area contributed by atoms with Crippen LogP contribution in [-0.2, 0) is 21.5 Å². The normalized spacial score (nSPS) is 15.2. The lowest BCUT2D eigenvalue weighted by Crippen LogP contribution is -2.33. The molecule has 0 spiro atoms. The van der Waals surface area contributed by atoms with E-state index in [9.17, 15) is 14.7 Å². The lowest BCUT2D eigenvalue weighted by Gasteiger charge is -2.34. The van der Waals surface area contributed by atoms with E-state index >= 15 is 0 Å². The zero-order valence-electron chi connectivity index (χ0n) is 18.7. The Morgan fingerprint density at radius 2 is 1.97 bits per heavy atom. The van der Waals surface area contributed by atoms with Gasteiger partial charge in [0.15, 0.2) is 5.78 Å². The number of halogens is 1. The number of aliphatic hydroxyl groups excluding tert-OH is 2. The first-order valence-corrected chi connectivity index (χ1v) is 11.5. The summed E-state index contributed by atoms with van der Waals surface area (Å²) in [6.07, 6.45) is -0.560. The number of nitrogens with zero attached hydrogens (tertiary/aromatic N) is 1. The van der Waals surface area contributed by atoms with Gasteiger partial charge in [-0.3, -0.25) is 9.59 Å². The SMILES string of the molecule is COC(=O)Cn1c2c(c3ccc(Br)cc31)C(=O)c1ccc(OCC(O)CCO)cc1C2(C)C. The zero-order chi connectivity index (χ0) is 23.9. The van der Waals surface area contributed by atoms with Gasteiger partial charge in [-0.1, -0.05) is 35.8 Å². The van der Waals surface area contributed by atoms with Crippen LogP contribution in [0.5, 0.6) is 5.75 Å². The number of ketones is 1. The highest BCUT2D eigenvalue weighted by Gasteiger charge is 2.42. The van der Waals surface area contributed by atoms with Crippen LogP contribution in [0.1, 0.15) is 47.4 Å². The average molecular weight is 516 g/mol. The minimum absolute atomic E-state index is 0.0195. The Balaban J connectivity index is 1.87. The van der Waals surface area contributed by atoms with Crippen molar-refractivity contribution in [1.82, 2.24) is 4.57 Å². The van der Waals surface area contributed by atoms with Crippen LogP contribution in [0.4, 0.5) is 0 Å². The summed E-state index contributed by atoms with van der Waals surface area (Å²) < 4.78 is 13.4. The van der Waals surface area contributed by atoms with E-state index in [0.29, 0.717) is 16.9 Å². The van der Waals surface area contributed by atoms with Crippen molar-refractivity contribution in [3.05, 3.63) is 63.3 Å². The molecule has 2 N–H and O–H groups in total. The van der Waals surface area contributed by atoms with Crippen LogP contribution in [-0.4, -0.2) is 53.0 Å². The molecule has 2 aromatic carbocycles. The zero-order valence-corrected chi connectivity index (χ0v) is 20.3. The largest absolute Gasteiger partial charge is 0.491 e. The summed E-state index contributed by atoms with van der Waals surface area (Å²) in [4.78, 5) is 26.0. The van der Waals surface area contributed by atoms with Gasteiger partial charge >= 0.3 is 5.97 Å². The molecule has 4 rings (SSSR count). The summed E-state index contributed by atoms with van der Waals surface area (Å²) in [7, 11) is 1.34. The average Bonchev–Trinajstić information content (AvgIpc) is 3.10. The maximum atomic E-state index is 13.7. The first kappa shape index (κ1) is 23.5. The third-order valence-electron chi connectivity index (χ3n) is 6.17. The molecule has 1 unspecified atom stereocenters. The second-order valence-corrected chi connectivity index (χ2v) is 9.60. The van der Waals surface area contributed by atoms with Crippen molar-refractivity contribution in [2.45, 2.75) is 38.3 Å². The van der Waals surface area contributed by atoms with Crippen molar-refractivity contribution < 1.29 is 29.3 Å². The molecule has 8 heteroatoms. The number of hydrogen-bond donors (Lipinski definition) is 2. The fraction of sp³-hybridized carbons (Fsp3) is 0.360. The molecule has 174 valence electrons. The molecule has 1 aliphatic rings. The van der Waals surface area contributed by atoms with Crippen molar-refractivity contribution in [3.63, 3.8) is 0 Å². The van der Waals surface area contributed by atoms with Crippen LogP contribution in [0.15, 0.2) is 40.9 Å². The molecule has 0 radical (unpaired) electrons. The molecule has 7 nitrogen and oxygen atoms in total. The summed E-state index contributed by atoms with van der Waals surface area (Å²) in [6, 6.07) is 11.0. The van der Waals surface area contributed by atoms with Crippen molar-refractivity contribution in [2.24, 2.45) is 0 Å². The Morgan fingerprint density at radius 3 is 2.67 bits per heavy atom. The summed E-state index contributed by atoms with van der Waals surface area (Å²) in [5, 5.41) is 19.6. The van der Waals surface area contributed by atoms with Crippen LogP contribution in [0.25, 0.3) is 10.9 Å². The van der Waals surface area contributed by atoms with E-state index in [2.05, 4.69) is 15.9 Å². The molecule has 1 heterocycles. The molecule has 0 aliphatic heterocycles. The minimum Gasteiger partial charge on any atom is -0.491 e. The standard InChI is InChI=1S/C25H26BrNO6/c1-25(2)19-11-16(33-13-15(29)8-9-28)5-7-17(19)23(31)22-18-6-4-14(26)10-20(18)27(24(22)25)12-21(30)32-3/h4-7,10-11,15,28-29H,8-9,12-13H2,1-3H3.